The average molecular weight is 304 g/mol. The van der Waals surface area contributed by atoms with E-state index in [2.05, 4.69) is 27.7 Å². The van der Waals surface area contributed by atoms with Crippen LogP contribution in [0.3, 0.4) is 0 Å². The molecule has 1 aromatic carbocycles. The van der Waals surface area contributed by atoms with Gasteiger partial charge in [0, 0.05) is 12.5 Å². The summed E-state index contributed by atoms with van der Waals surface area (Å²) in [6.07, 6.45) is 1.08. The zero-order chi connectivity index (χ0) is 15.8. The molecule has 3 rings (SSSR count). The highest BCUT2D eigenvalue weighted by Crippen LogP contribution is 2.36. The fourth-order valence-corrected chi connectivity index (χ4v) is 2.66. The predicted octanol–water partition coefficient (Wildman–Crippen LogP) is 2.40. The quantitative estimate of drug-likeness (QED) is 0.801. The topological polar surface area (TPSA) is 36.9 Å². The monoisotopic (exact) mass is 304 g/mol. The summed E-state index contributed by atoms with van der Waals surface area (Å²) in [6.45, 7) is 10.6. The molecule has 1 aromatic rings. The Morgan fingerprint density at radius 2 is 1.91 bits per heavy atom. The molecule has 0 radical (unpaired) electrons. The molecule has 5 heteroatoms. The summed E-state index contributed by atoms with van der Waals surface area (Å²) in [5.74, 6) is 1.36. The number of hydrogen-bond acceptors (Lipinski definition) is 4. The highest BCUT2D eigenvalue weighted by atomic mass is 16.7. The van der Waals surface area contributed by atoms with E-state index in [-0.39, 0.29) is 18.3 Å². The first-order chi connectivity index (χ1) is 10.4. The van der Waals surface area contributed by atoms with Gasteiger partial charge in [-0.25, -0.2) is 0 Å². The van der Waals surface area contributed by atoms with Crippen LogP contribution in [0.5, 0.6) is 5.75 Å². The van der Waals surface area contributed by atoms with Crippen molar-refractivity contribution in [2.75, 3.05) is 19.8 Å². The molecule has 120 valence electrons. The zero-order valence-electron chi connectivity index (χ0n) is 13.9. The Balaban J connectivity index is 1.66. The van der Waals surface area contributed by atoms with Gasteiger partial charge in [-0.1, -0.05) is 12.1 Å². The second kappa shape index (κ2) is 5.87. The first-order valence-corrected chi connectivity index (χ1v) is 8.03. The molecule has 0 bridgehead atoms. The molecule has 1 atom stereocenters. The lowest BCUT2D eigenvalue weighted by atomic mass is 9.79. The Morgan fingerprint density at radius 3 is 2.55 bits per heavy atom. The Labute approximate surface area is 133 Å². The van der Waals surface area contributed by atoms with Crippen LogP contribution in [0.4, 0.5) is 0 Å². The maximum atomic E-state index is 6.09. The maximum Gasteiger partial charge on any atom is 0.494 e. The summed E-state index contributed by atoms with van der Waals surface area (Å²) in [5, 5.41) is 0. The van der Waals surface area contributed by atoms with Gasteiger partial charge in [0.2, 0.25) is 0 Å². The van der Waals surface area contributed by atoms with Crippen LogP contribution < -0.4 is 10.2 Å². The molecule has 2 heterocycles. The molecule has 0 aromatic heterocycles. The van der Waals surface area contributed by atoms with Crippen molar-refractivity contribution in [3.63, 3.8) is 0 Å². The van der Waals surface area contributed by atoms with Gasteiger partial charge in [-0.05, 0) is 51.7 Å². The van der Waals surface area contributed by atoms with Crippen LogP contribution in [0.15, 0.2) is 24.3 Å². The van der Waals surface area contributed by atoms with Gasteiger partial charge in [-0.15, -0.1) is 0 Å². The van der Waals surface area contributed by atoms with Crippen LogP contribution in [0.25, 0.3) is 0 Å². The molecule has 2 fully saturated rings. The number of rotatable bonds is 4. The lowest BCUT2D eigenvalue weighted by molar-refractivity contribution is 0.00578. The van der Waals surface area contributed by atoms with Crippen LogP contribution in [-0.4, -0.2) is 38.1 Å². The van der Waals surface area contributed by atoms with E-state index in [1.54, 1.807) is 0 Å². The largest absolute Gasteiger partial charge is 0.494 e. The Morgan fingerprint density at radius 1 is 1.18 bits per heavy atom. The average Bonchev–Trinajstić information content (AvgIpc) is 3.04. The number of ether oxygens (including phenoxy) is 2. The summed E-state index contributed by atoms with van der Waals surface area (Å²) in [7, 11) is -0.344. The third kappa shape index (κ3) is 3.17. The summed E-state index contributed by atoms with van der Waals surface area (Å²) in [5.41, 5.74) is 0.352. The summed E-state index contributed by atoms with van der Waals surface area (Å²) < 4.78 is 23.4. The molecule has 2 aliphatic heterocycles. The third-order valence-corrected chi connectivity index (χ3v) is 4.89. The molecule has 0 amide bonds. The minimum absolute atomic E-state index is 0.324. The fraction of sp³-hybridized carbons (Fsp3) is 0.647. The van der Waals surface area contributed by atoms with Gasteiger partial charge in [0.05, 0.1) is 24.4 Å². The zero-order valence-corrected chi connectivity index (χ0v) is 13.9. The highest BCUT2D eigenvalue weighted by Gasteiger charge is 2.51. The molecule has 2 saturated heterocycles. The van der Waals surface area contributed by atoms with Crippen LogP contribution in [0.2, 0.25) is 0 Å². The van der Waals surface area contributed by atoms with Gasteiger partial charge in [0.15, 0.2) is 0 Å². The normalized spacial score (nSPS) is 26.4. The van der Waals surface area contributed by atoms with Gasteiger partial charge in [-0.3, -0.25) is 0 Å². The van der Waals surface area contributed by atoms with Crippen molar-refractivity contribution in [1.82, 2.24) is 0 Å². The van der Waals surface area contributed by atoms with Gasteiger partial charge < -0.3 is 18.8 Å². The molecular formula is C17H25BO4. The van der Waals surface area contributed by atoms with Gasteiger partial charge in [0.1, 0.15) is 5.75 Å². The van der Waals surface area contributed by atoms with E-state index in [9.17, 15) is 0 Å². The van der Waals surface area contributed by atoms with E-state index in [1.165, 1.54) is 0 Å². The predicted molar refractivity (Wildman–Crippen MR) is 86.6 cm³/mol. The summed E-state index contributed by atoms with van der Waals surface area (Å²) >= 11 is 0. The van der Waals surface area contributed by atoms with Crippen LogP contribution in [-0.2, 0) is 14.0 Å². The molecular weight excluding hydrogens is 279 g/mol. The highest BCUT2D eigenvalue weighted by molar-refractivity contribution is 6.62. The van der Waals surface area contributed by atoms with Crippen LogP contribution >= 0.6 is 0 Å². The summed E-state index contributed by atoms with van der Waals surface area (Å²) in [6, 6.07) is 8.00. The van der Waals surface area contributed by atoms with Gasteiger partial charge >= 0.3 is 7.12 Å². The van der Waals surface area contributed by atoms with Crippen molar-refractivity contribution in [1.29, 1.82) is 0 Å². The SMILES string of the molecule is CC1(C)OB(c2cccc(OCC3CCOC3)c2)OC1(C)C. The Bertz CT molecular complexity index is 507. The van der Waals surface area contributed by atoms with E-state index >= 15 is 0 Å². The fourth-order valence-electron chi connectivity index (χ4n) is 2.66. The molecule has 2 aliphatic rings. The van der Waals surface area contributed by atoms with Crippen molar-refractivity contribution in [2.24, 2.45) is 5.92 Å². The first-order valence-electron chi connectivity index (χ1n) is 8.03. The van der Waals surface area contributed by atoms with Crippen molar-refractivity contribution >= 4 is 12.6 Å². The van der Waals surface area contributed by atoms with E-state index in [0.717, 1.165) is 30.8 Å². The van der Waals surface area contributed by atoms with E-state index < -0.39 is 0 Å². The van der Waals surface area contributed by atoms with Crippen LogP contribution in [0, 0.1) is 5.92 Å². The van der Waals surface area contributed by atoms with Crippen molar-refractivity contribution < 1.29 is 18.8 Å². The lowest BCUT2D eigenvalue weighted by Gasteiger charge is -2.32. The van der Waals surface area contributed by atoms with Crippen molar-refractivity contribution in [2.45, 2.75) is 45.3 Å². The molecule has 1 unspecified atom stereocenters. The third-order valence-electron chi connectivity index (χ3n) is 4.89. The molecule has 0 aliphatic carbocycles. The van der Waals surface area contributed by atoms with E-state index in [1.807, 2.05) is 24.3 Å². The molecule has 22 heavy (non-hydrogen) atoms. The van der Waals surface area contributed by atoms with Crippen molar-refractivity contribution in [3.05, 3.63) is 24.3 Å². The van der Waals surface area contributed by atoms with Gasteiger partial charge in [0.25, 0.3) is 0 Å². The Hall–Kier alpha value is -1.04. The molecule has 4 nitrogen and oxygen atoms in total. The van der Waals surface area contributed by atoms with E-state index in [4.69, 9.17) is 18.8 Å². The van der Waals surface area contributed by atoms with Gasteiger partial charge in [-0.2, -0.15) is 0 Å². The first kappa shape index (κ1) is 15.8. The standard InChI is InChI=1S/C17H25BO4/c1-16(2)17(3,4)22-18(21-16)14-6-5-7-15(10-14)20-12-13-8-9-19-11-13/h5-7,10,13H,8-9,11-12H2,1-4H3. The maximum absolute atomic E-state index is 6.09. The second-order valence-corrected chi connectivity index (χ2v) is 7.20. The second-order valence-electron chi connectivity index (χ2n) is 7.20. The molecule has 0 spiro atoms. The van der Waals surface area contributed by atoms with Crippen molar-refractivity contribution in [3.8, 4) is 5.75 Å². The van der Waals surface area contributed by atoms with Crippen LogP contribution in [0.1, 0.15) is 34.1 Å². The van der Waals surface area contributed by atoms with E-state index in [0.29, 0.717) is 12.5 Å². The lowest BCUT2D eigenvalue weighted by Crippen LogP contribution is -2.41. The smallest absolute Gasteiger partial charge is 0.493 e. The number of benzene rings is 1. The minimum atomic E-state index is -0.344. The number of hydrogen-bond donors (Lipinski definition) is 0. The Kier molecular flexibility index (Phi) is 4.23. The summed E-state index contributed by atoms with van der Waals surface area (Å²) in [4.78, 5) is 0. The molecule has 0 saturated carbocycles. The molecule has 0 N–H and O–H groups in total. The minimum Gasteiger partial charge on any atom is -0.493 e.